The topological polar surface area (TPSA) is 51.2 Å². The molecule has 1 saturated carbocycles. The number of rotatable bonds is 3. The first-order valence-electron chi connectivity index (χ1n) is 7.37. The van der Waals surface area contributed by atoms with Gasteiger partial charge in [0.2, 0.25) is 0 Å². The number of ether oxygens (including phenoxy) is 1. The number of carbonyl (C=O) groups is 1. The maximum atomic E-state index is 11.6. The number of methoxy groups -OCH3 is 1. The second kappa shape index (κ2) is 5.72. The van der Waals surface area contributed by atoms with Gasteiger partial charge in [-0.25, -0.2) is 0 Å². The Hall–Kier alpha value is -2.10. The summed E-state index contributed by atoms with van der Waals surface area (Å²) in [5.74, 6) is -0.0583. The molecule has 4 nitrogen and oxygen atoms in total. The summed E-state index contributed by atoms with van der Waals surface area (Å²) in [4.78, 5) is 16.0. The number of fused-ring (bicyclic) bond motifs is 1. The largest absolute Gasteiger partial charge is 0.469 e. The molecule has 0 spiro atoms. The monoisotopic (exact) mass is 284 g/mol. The van der Waals surface area contributed by atoms with Crippen LogP contribution in [-0.2, 0) is 9.53 Å². The third-order valence-corrected chi connectivity index (χ3v) is 4.22. The molecule has 4 heteroatoms. The highest BCUT2D eigenvalue weighted by molar-refractivity contribution is 5.91. The Labute approximate surface area is 124 Å². The Bertz CT molecular complexity index is 669. The van der Waals surface area contributed by atoms with Crippen LogP contribution in [0.15, 0.2) is 30.5 Å². The van der Waals surface area contributed by atoms with Gasteiger partial charge in [0.15, 0.2) is 0 Å². The molecule has 1 N–H and O–H groups in total. The molecule has 3 rings (SSSR count). The van der Waals surface area contributed by atoms with E-state index >= 15 is 0 Å². The Kier molecular flexibility index (Phi) is 3.78. The first-order chi connectivity index (χ1) is 10.2. The summed E-state index contributed by atoms with van der Waals surface area (Å²) in [5.41, 5.74) is 3.31. The first kappa shape index (κ1) is 13.9. The average Bonchev–Trinajstić information content (AvgIpc) is 2.95. The lowest BCUT2D eigenvalue weighted by Gasteiger charge is -2.16. The van der Waals surface area contributed by atoms with Crippen LogP contribution < -0.4 is 5.32 Å². The zero-order chi connectivity index (χ0) is 14.8. The van der Waals surface area contributed by atoms with Gasteiger partial charge >= 0.3 is 5.97 Å². The minimum atomic E-state index is -0.0882. The van der Waals surface area contributed by atoms with Gasteiger partial charge in [-0.05, 0) is 44.4 Å². The Morgan fingerprint density at radius 1 is 1.33 bits per heavy atom. The smallest absolute Gasteiger partial charge is 0.308 e. The molecule has 1 heterocycles. The van der Waals surface area contributed by atoms with Crippen molar-refractivity contribution in [1.29, 1.82) is 0 Å². The number of anilines is 1. The van der Waals surface area contributed by atoms with E-state index in [0.717, 1.165) is 35.9 Å². The summed E-state index contributed by atoms with van der Waals surface area (Å²) in [6.45, 7) is 2.08. The van der Waals surface area contributed by atoms with Crippen LogP contribution in [0.3, 0.4) is 0 Å². The zero-order valence-corrected chi connectivity index (χ0v) is 12.4. The molecule has 1 aliphatic rings. The molecule has 21 heavy (non-hydrogen) atoms. The molecule has 1 aromatic carbocycles. The third kappa shape index (κ3) is 2.84. The molecule has 0 radical (unpaired) electrons. The zero-order valence-electron chi connectivity index (χ0n) is 12.4. The number of pyridine rings is 1. The fourth-order valence-corrected chi connectivity index (χ4v) is 3.10. The highest BCUT2D eigenvalue weighted by atomic mass is 16.5. The van der Waals surface area contributed by atoms with Crippen molar-refractivity contribution in [2.24, 2.45) is 5.92 Å². The molecular weight excluding hydrogens is 264 g/mol. The Morgan fingerprint density at radius 2 is 2.19 bits per heavy atom. The second-order valence-corrected chi connectivity index (χ2v) is 5.75. The van der Waals surface area contributed by atoms with Crippen LogP contribution in [0.1, 0.15) is 24.8 Å². The highest BCUT2D eigenvalue weighted by Gasteiger charge is 2.30. The number of hydrogen-bond donors (Lipinski definition) is 1. The fourth-order valence-electron chi connectivity index (χ4n) is 3.10. The van der Waals surface area contributed by atoms with Crippen molar-refractivity contribution in [1.82, 2.24) is 4.98 Å². The number of esters is 1. The van der Waals surface area contributed by atoms with Gasteiger partial charge in [-0.1, -0.05) is 11.6 Å². The maximum absolute atomic E-state index is 11.6. The number of benzene rings is 1. The van der Waals surface area contributed by atoms with Crippen molar-refractivity contribution in [3.63, 3.8) is 0 Å². The van der Waals surface area contributed by atoms with Crippen LogP contribution in [0.2, 0.25) is 0 Å². The molecule has 1 aliphatic carbocycles. The molecule has 0 bridgehead atoms. The van der Waals surface area contributed by atoms with Crippen molar-refractivity contribution >= 4 is 22.6 Å². The number of aryl methyl sites for hydroxylation is 1. The third-order valence-electron chi connectivity index (χ3n) is 4.22. The lowest BCUT2D eigenvalue weighted by Crippen LogP contribution is -2.19. The van der Waals surface area contributed by atoms with Crippen LogP contribution in [0.4, 0.5) is 5.69 Å². The van der Waals surface area contributed by atoms with E-state index in [4.69, 9.17) is 4.74 Å². The Balaban J connectivity index is 1.80. The molecule has 1 fully saturated rings. The molecule has 2 aromatic rings. The van der Waals surface area contributed by atoms with Crippen LogP contribution in [0.25, 0.3) is 10.9 Å². The molecule has 0 amide bonds. The predicted octanol–water partition coefficient (Wildman–Crippen LogP) is 3.30. The molecule has 1 aromatic heterocycles. The van der Waals surface area contributed by atoms with Crippen LogP contribution >= 0.6 is 0 Å². The van der Waals surface area contributed by atoms with Crippen molar-refractivity contribution in [2.75, 3.05) is 12.4 Å². The van der Waals surface area contributed by atoms with E-state index in [2.05, 4.69) is 29.4 Å². The normalized spacial score (nSPS) is 21.4. The summed E-state index contributed by atoms with van der Waals surface area (Å²) < 4.78 is 4.84. The van der Waals surface area contributed by atoms with Crippen molar-refractivity contribution in [3.05, 3.63) is 36.0 Å². The summed E-state index contributed by atoms with van der Waals surface area (Å²) in [6.07, 6.45) is 4.55. The summed E-state index contributed by atoms with van der Waals surface area (Å²) in [6, 6.07) is 8.59. The maximum Gasteiger partial charge on any atom is 0.308 e. The minimum Gasteiger partial charge on any atom is -0.469 e. The van der Waals surface area contributed by atoms with E-state index in [1.54, 1.807) is 0 Å². The number of nitrogens with zero attached hydrogens (tertiary/aromatic N) is 1. The van der Waals surface area contributed by atoms with Crippen molar-refractivity contribution < 1.29 is 9.53 Å². The van der Waals surface area contributed by atoms with Crippen LogP contribution in [0.5, 0.6) is 0 Å². The first-order valence-corrected chi connectivity index (χ1v) is 7.37. The predicted molar refractivity (Wildman–Crippen MR) is 83.2 cm³/mol. The molecule has 0 saturated heterocycles. The van der Waals surface area contributed by atoms with Gasteiger partial charge in [-0.3, -0.25) is 9.78 Å². The number of aromatic nitrogens is 1. The molecule has 110 valence electrons. The van der Waals surface area contributed by atoms with Gasteiger partial charge in [0, 0.05) is 23.3 Å². The van der Waals surface area contributed by atoms with E-state index in [0.29, 0.717) is 6.04 Å². The minimum absolute atomic E-state index is 0.0299. The van der Waals surface area contributed by atoms with Gasteiger partial charge in [-0.15, -0.1) is 0 Å². The summed E-state index contributed by atoms with van der Waals surface area (Å²) in [7, 11) is 1.46. The molecule has 2 atom stereocenters. The summed E-state index contributed by atoms with van der Waals surface area (Å²) in [5, 5.41) is 4.71. The number of nitrogens with one attached hydrogen (secondary N) is 1. The summed E-state index contributed by atoms with van der Waals surface area (Å²) >= 11 is 0. The van der Waals surface area contributed by atoms with E-state index < -0.39 is 0 Å². The van der Waals surface area contributed by atoms with E-state index in [9.17, 15) is 4.79 Å². The van der Waals surface area contributed by atoms with Gasteiger partial charge < -0.3 is 10.1 Å². The van der Waals surface area contributed by atoms with Crippen molar-refractivity contribution in [3.8, 4) is 0 Å². The SMILES string of the molecule is COC(=O)[C@H]1CC[C@@H](Nc2ccnc3ccc(C)cc23)C1. The van der Waals surface area contributed by atoms with E-state index in [-0.39, 0.29) is 11.9 Å². The van der Waals surface area contributed by atoms with Gasteiger partial charge in [0.1, 0.15) is 0 Å². The number of carbonyl (C=O) groups excluding carboxylic acids is 1. The van der Waals surface area contributed by atoms with Gasteiger partial charge in [0.25, 0.3) is 0 Å². The fraction of sp³-hybridized carbons (Fsp3) is 0.412. The number of hydrogen-bond acceptors (Lipinski definition) is 4. The van der Waals surface area contributed by atoms with E-state index in [1.165, 1.54) is 12.7 Å². The quantitative estimate of drug-likeness (QED) is 0.879. The lowest BCUT2D eigenvalue weighted by molar-refractivity contribution is -0.145. The molecular formula is C17H20N2O2. The van der Waals surface area contributed by atoms with Crippen molar-refractivity contribution in [2.45, 2.75) is 32.2 Å². The lowest BCUT2D eigenvalue weighted by atomic mass is 10.1. The van der Waals surface area contributed by atoms with Crippen LogP contribution in [0, 0.1) is 12.8 Å². The van der Waals surface area contributed by atoms with E-state index in [1.807, 2.05) is 18.3 Å². The molecule has 0 unspecified atom stereocenters. The Morgan fingerprint density at radius 3 is 3.00 bits per heavy atom. The second-order valence-electron chi connectivity index (χ2n) is 5.75. The average molecular weight is 284 g/mol. The molecule has 0 aliphatic heterocycles. The van der Waals surface area contributed by atoms with Crippen LogP contribution in [-0.4, -0.2) is 24.1 Å². The highest BCUT2D eigenvalue weighted by Crippen LogP contribution is 2.31. The van der Waals surface area contributed by atoms with Gasteiger partial charge in [-0.2, -0.15) is 0 Å². The standard InChI is InChI=1S/C17H20N2O2/c1-11-3-6-15-14(9-11)16(7-8-18-15)19-13-5-4-12(10-13)17(20)21-2/h3,6-9,12-13H,4-5,10H2,1-2H3,(H,18,19)/t12-,13+/m0/s1. The van der Waals surface area contributed by atoms with Gasteiger partial charge in [0.05, 0.1) is 18.5 Å².